The van der Waals surface area contributed by atoms with Crippen molar-refractivity contribution < 1.29 is 9.90 Å². The van der Waals surface area contributed by atoms with Gasteiger partial charge >= 0.3 is 5.97 Å². The molecule has 0 amide bonds. The number of hydrogen-bond donors (Lipinski definition) is 1. The van der Waals surface area contributed by atoms with Crippen LogP contribution >= 0.6 is 15.9 Å². The second-order valence-electron chi connectivity index (χ2n) is 3.70. The molecule has 0 aliphatic heterocycles. The minimum atomic E-state index is -0.796. The van der Waals surface area contributed by atoms with Gasteiger partial charge in [-0.15, -0.1) is 0 Å². The number of aromatic nitrogens is 2. The second-order valence-corrected chi connectivity index (χ2v) is 4.61. The van der Waals surface area contributed by atoms with Gasteiger partial charge < -0.3 is 9.51 Å². The van der Waals surface area contributed by atoms with Crippen LogP contribution in [0, 0.1) is 6.92 Å². The van der Waals surface area contributed by atoms with E-state index in [1.807, 2.05) is 29.8 Å². The lowest BCUT2D eigenvalue weighted by Gasteiger charge is -1.97. The lowest BCUT2D eigenvalue weighted by molar-refractivity contribution is -0.136. The number of hydrogen-bond acceptors (Lipinski definition) is 2. The van der Waals surface area contributed by atoms with E-state index in [9.17, 15) is 4.79 Å². The number of fused-ring (bicyclic) bond motifs is 1. The molecule has 0 bridgehead atoms. The number of aliphatic carboxylic acids is 1. The Morgan fingerprint density at radius 2 is 2.31 bits per heavy atom. The summed E-state index contributed by atoms with van der Waals surface area (Å²) in [5.74, 6) is -0.796. The standard InChI is InChI=1S/C11H11BrN2O2/c1-7-4-8(12)5-14-6-9(13-11(7)14)2-3-10(15)16/h4-6H,2-3H2,1H3,(H,15,16). The van der Waals surface area contributed by atoms with Crippen molar-refractivity contribution in [3.63, 3.8) is 0 Å². The molecule has 0 fully saturated rings. The number of imidazole rings is 1. The van der Waals surface area contributed by atoms with Gasteiger partial charge in [0, 0.05) is 23.3 Å². The summed E-state index contributed by atoms with van der Waals surface area (Å²) >= 11 is 3.41. The maximum atomic E-state index is 10.5. The van der Waals surface area contributed by atoms with E-state index in [0.717, 1.165) is 21.4 Å². The highest BCUT2D eigenvalue weighted by Crippen LogP contribution is 2.17. The molecule has 0 atom stereocenters. The lowest BCUT2D eigenvalue weighted by atomic mass is 10.2. The van der Waals surface area contributed by atoms with Gasteiger partial charge in [-0.3, -0.25) is 4.79 Å². The SMILES string of the molecule is Cc1cc(Br)cn2cc(CCC(=O)O)nc12. The third-order valence-electron chi connectivity index (χ3n) is 2.35. The van der Waals surface area contributed by atoms with Crippen molar-refractivity contribution in [1.82, 2.24) is 9.38 Å². The van der Waals surface area contributed by atoms with Gasteiger partial charge in [0.15, 0.2) is 0 Å². The molecule has 16 heavy (non-hydrogen) atoms. The zero-order chi connectivity index (χ0) is 11.7. The summed E-state index contributed by atoms with van der Waals surface area (Å²) in [5, 5.41) is 8.61. The Hall–Kier alpha value is -1.36. The monoisotopic (exact) mass is 282 g/mol. The Balaban J connectivity index is 2.36. The minimum absolute atomic E-state index is 0.115. The highest BCUT2D eigenvalue weighted by Gasteiger charge is 2.06. The van der Waals surface area contributed by atoms with Crippen LogP contribution in [-0.4, -0.2) is 20.5 Å². The number of pyridine rings is 1. The van der Waals surface area contributed by atoms with Crippen LogP contribution in [0.4, 0.5) is 0 Å². The van der Waals surface area contributed by atoms with E-state index in [2.05, 4.69) is 20.9 Å². The van der Waals surface area contributed by atoms with Gasteiger partial charge in [0.25, 0.3) is 0 Å². The Morgan fingerprint density at radius 1 is 1.56 bits per heavy atom. The van der Waals surface area contributed by atoms with Gasteiger partial charge in [-0.05, 0) is 34.5 Å². The van der Waals surface area contributed by atoms with Crippen molar-refractivity contribution in [1.29, 1.82) is 0 Å². The Kier molecular flexibility index (Phi) is 2.96. The normalized spacial score (nSPS) is 10.9. The first-order chi connectivity index (χ1) is 7.56. The quantitative estimate of drug-likeness (QED) is 0.941. The van der Waals surface area contributed by atoms with E-state index < -0.39 is 5.97 Å². The summed E-state index contributed by atoms with van der Waals surface area (Å²) in [6.07, 6.45) is 4.37. The maximum absolute atomic E-state index is 10.5. The van der Waals surface area contributed by atoms with Gasteiger partial charge in [0.05, 0.1) is 12.1 Å². The van der Waals surface area contributed by atoms with Gasteiger partial charge in [-0.25, -0.2) is 4.98 Å². The largest absolute Gasteiger partial charge is 0.481 e. The molecule has 0 unspecified atom stereocenters. The summed E-state index contributed by atoms with van der Waals surface area (Å²) in [4.78, 5) is 14.9. The smallest absolute Gasteiger partial charge is 0.303 e. The van der Waals surface area contributed by atoms with Crippen molar-refractivity contribution >= 4 is 27.5 Å². The summed E-state index contributed by atoms with van der Waals surface area (Å²) < 4.78 is 2.90. The fraction of sp³-hybridized carbons (Fsp3) is 0.273. The van der Waals surface area contributed by atoms with Crippen LogP contribution in [0.5, 0.6) is 0 Å². The van der Waals surface area contributed by atoms with E-state index >= 15 is 0 Å². The van der Waals surface area contributed by atoms with E-state index in [4.69, 9.17) is 5.11 Å². The molecule has 0 spiro atoms. The van der Waals surface area contributed by atoms with Crippen LogP contribution in [0.1, 0.15) is 17.7 Å². The van der Waals surface area contributed by atoms with E-state index in [1.54, 1.807) is 0 Å². The maximum Gasteiger partial charge on any atom is 0.303 e. The predicted molar refractivity (Wildman–Crippen MR) is 63.6 cm³/mol. The van der Waals surface area contributed by atoms with Crippen LogP contribution in [-0.2, 0) is 11.2 Å². The van der Waals surface area contributed by atoms with Crippen molar-refractivity contribution in [3.8, 4) is 0 Å². The van der Waals surface area contributed by atoms with Gasteiger partial charge in [0.1, 0.15) is 5.65 Å². The van der Waals surface area contributed by atoms with Crippen LogP contribution < -0.4 is 0 Å². The fourth-order valence-corrected chi connectivity index (χ4v) is 2.20. The molecule has 0 saturated carbocycles. The topological polar surface area (TPSA) is 54.6 Å². The highest BCUT2D eigenvalue weighted by atomic mass is 79.9. The number of aryl methyl sites for hydroxylation is 2. The molecule has 2 rings (SSSR count). The summed E-state index contributed by atoms with van der Waals surface area (Å²) in [6, 6.07) is 1.99. The van der Waals surface area contributed by atoms with E-state index in [1.165, 1.54) is 0 Å². The minimum Gasteiger partial charge on any atom is -0.481 e. The molecule has 1 N–H and O–H groups in total. The molecule has 0 aliphatic carbocycles. The first kappa shape index (κ1) is 11.1. The Bertz CT molecular complexity index is 548. The third kappa shape index (κ3) is 2.24. The summed E-state index contributed by atoms with van der Waals surface area (Å²) in [5.41, 5.74) is 2.75. The first-order valence-corrected chi connectivity index (χ1v) is 5.71. The summed E-state index contributed by atoms with van der Waals surface area (Å²) in [7, 11) is 0. The number of carboxylic acids is 1. The van der Waals surface area contributed by atoms with Crippen LogP contribution in [0.15, 0.2) is 22.9 Å². The zero-order valence-electron chi connectivity index (χ0n) is 8.77. The number of carbonyl (C=O) groups is 1. The predicted octanol–water partition coefficient (Wildman–Crippen LogP) is 2.42. The zero-order valence-corrected chi connectivity index (χ0v) is 10.4. The average molecular weight is 283 g/mol. The van der Waals surface area contributed by atoms with Crippen LogP contribution in [0.3, 0.4) is 0 Å². The highest BCUT2D eigenvalue weighted by molar-refractivity contribution is 9.10. The molecule has 2 heterocycles. The van der Waals surface area contributed by atoms with Gasteiger partial charge in [-0.2, -0.15) is 0 Å². The first-order valence-electron chi connectivity index (χ1n) is 4.92. The van der Waals surface area contributed by atoms with Crippen molar-refractivity contribution in [2.75, 3.05) is 0 Å². The van der Waals surface area contributed by atoms with Crippen molar-refractivity contribution in [2.45, 2.75) is 19.8 Å². The van der Waals surface area contributed by atoms with Crippen LogP contribution in [0.25, 0.3) is 5.65 Å². The molecular formula is C11H11BrN2O2. The molecular weight excluding hydrogens is 272 g/mol. The van der Waals surface area contributed by atoms with Crippen molar-refractivity contribution in [3.05, 3.63) is 34.2 Å². The molecule has 0 radical (unpaired) electrons. The molecule has 5 heteroatoms. The molecule has 0 saturated heterocycles. The molecule has 0 aliphatic rings. The molecule has 2 aromatic rings. The lowest BCUT2D eigenvalue weighted by Crippen LogP contribution is -1.97. The Labute approximate surface area is 101 Å². The molecule has 2 aromatic heterocycles. The van der Waals surface area contributed by atoms with Crippen LogP contribution in [0.2, 0.25) is 0 Å². The fourth-order valence-electron chi connectivity index (χ4n) is 1.63. The number of halogens is 1. The number of nitrogens with zero attached hydrogens (tertiary/aromatic N) is 2. The van der Waals surface area contributed by atoms with Crippen molar-refractivity contribution in [2.24, 2.45) is 0 Å². The molecule has 0 aromatic carbocycles. The molecule has 4 nitrogen and oxygen atoms in total. The van der Waals surface area contributed by atoms with Gasteiger partial charge in [-0.1, -0.05) is 0 Å². The average Bonchev–Trinajstić information content (AvgIpc) is 2.57. The van der Waals surface area contributed by atoms with Gasteiger partial charge in [0.2, 0.25) is 0 Å². The second kappa shape index (κ2) is 4.25. The molecule has 84 valence electrons. The van der Waals surface area contributed by atoms with E-state index in [0.29, 0.717) is 6.42 Å². The van der Waals surface area contributed by atoms with E-state index in [-0.39, 0.29) is 6.42 Å². The summed E-state index contributed by atoms with van der Waals surface area (Å²) in [6.45, 7) is 1.98. The number of rotatable bonds is 3. The Morgan fingerprint density at radius 3 is 3.00 bits per heavy atom. The third-order valence-corrected chi connectivity index (χ3v) is 2.78. The number of carboxylic acid groups (broad SMARTS) is 1.